The average Bonchev–Trinajstić information content (AvgIpc) is 2.36. The van der Waals surface area contributed by atoms with Gasteiger partial charge in [0.2, 0.25) is 0 Å². The fourth-order valence-electron chi connectivity index (χ4n) is 2.07. The van der Waals surface area contributed by atoms with Crippen molar-refractivity contribution < 1.29 is 9.53 Å². The van der Waals surface area contributed by atoms with E-state index < -0.39 is 0 Å². The molecule has 0 radical (unpaired) electrons. The topological polar surface area (TPSA) is 29.5 Å². The van der Waals surface area contributed by atoms with Gasteiger partial charge in [0.15, 0.2) is 0 Å². The van der Waals surface area contributed by atoms with Gasteiger partial charge in [-0.25, -0.2) is 0 Å². The third kappa shape index (κ3) is 4.35. The number of ether oxygens (including phenoxy) is 1. The summed E-state index contributed by atoms with van der Waals surface area (Å²) >= 11 is 0. The Morgan fingerprint density at radius 1 is 1.32 bits per heavy atom. The Kier molecular flexibility index (Phi) is 6.03. The average molecular weight is 263 g/mol. The molecule has 0 aliphatic carbocycles. The zero-order chi connectivity index (χ0) is 14.4. The maximum Gasteiger partial charge on any atom is 0.254 e. The SMILES string of the molecule is COCCN(CC(C)C)C(=O)c1cccc(C)c1C. The Balaban J connectivity index is 2.94. The summed E-state index contributed by atoms with van der Waals surface area (Å²) < 4.78 is 5.10. The normalized spacial score (nSPS) is 10.8. The van der Waals surface area contributed by atoms with Crippen LogP contribution in [0.1, 0.15) is 35.3 Å². The number of rotatable bonds is 6. The number of nitrogens with zero attached hydrogens (tertiary/aromatic N) is 1. The number of benzene rings is 1. The number of methoxy groups -OCH3 is 1. The van der Waals surface area contributed by atoms with Crippen LogP contribution in [0.5, 0.6) is 0 Å². The van der Waals surface area contributed by atoms with E-state index in [-0.39, 0.29) is 5.91 Å². The minimum absolute atomic E-state index is 0.104. The lowest BCUT2D eigenvalue weighted by Gasteiger charge is -2.25. The number of carbonyl (C=O) groups is 1. The summed E-state index contributed by atoms with van der Waals surface area (Å²) in [7, 11) is 1.66. The van der Waals surface area contributed by atoms with Crippen LogP contribution in [0.15, 0.2) is 18.2 Å². The van der Waals surface area contributed by atoms with E-state index in [0.29, 0.717) is 19.1 Å². The number of amides is 1. The zero-order valence-electron chi connectivity index (χ0n) is 12.7. The van der Waals surface area contributed by atoms with Gasteiger partial charge in [0.1, 0.15) is 0 Å². The van der Waals surface area contributed by atoms with Gasteiger partial charge in [-0.3, -0.25) is 4.79 Å². The summed E-state index contributed by atoms with van der Waals surface area (Å²) in [6.07, 6.45) is 0. The molecule has 3 nitrogen and oxygen atoms in total. The molecule has 0 bridgehead atoms. The first-order valence-electron chi connectivity index (χ1n) is 6.81. The van der Waals surface area contributed by atoms with E-state index in [1.807, 2.05) is 36.9 Å². The molecule has 106 valence electrons. The van der Waals surface area contributed by atoms with Gasteiger partial charge in [-0.15, -0.1) is 0 Å². The molecule has 0 fully saturated rings. The first-order valence-corrected chi connectivity index (χ1v) is 6.81. The highest BCUT2D eigenvalue weighted by Gasteiger charge is 2.18. The van der Waals surface area contributed by atoms with Crippen LogP contribution in [-0.4, -0.2) is 37.6 Å². The van der Waals surface area contributed by atoms with Crippen molar-refractivity contribution >= 4 is 5.91 Å². The maximum atomic E-state index is 12.6. The van der Waals surface area contributed by atoms with Gasteiger partial charge in [0, 0.05) is 25.8 Å². The molecule has 0 atom stereocenters. The number of hydrogen-bond acceptors (Lipinski definition) is 2. The Labute approximate surface area is 116 Å². The molecule has 0 N–H and O–H groups in total. The minimum Gasteiger partial charge on any atom is -0.383 e. The van der Waals surface area contributed by atoms with E-state index >= 15 is 0 Å². The summed E-state index contributed by atoms with van der Waals surface area (Å²) in [4.78, 5) is 14.5. The van der Waals surface area contributed by atoms with E-state index in [0.717, 1.165) is 23.2 Å². The summed E-state index contributed by atoms with van der Waals surface area (Å²) in [6, 6.07) is 5.89. The first kappa shape index (κ1) is 15.7. The fourth-order valence-corrected chi connectivity index (χ4v) is 2.07. The monoisotopic (exact) mass is 263 g/mol. The molecule has 1 aromatic rings. The first-order chi connectivity index (χ1) is 8.97. The standard InChI is InChI=1S/C16H25NO2/c1-12(2)11-17(9-10-19-5)16(18)15-8-6-7-13(3)14(15)4/h6-8,12H,9-11H2,1-5H3. The summed E-state index contributed by atoms with van der Waals surface area (Å²) in [5.41, 5.74) is 3.03. The van der Waals surface area contributed by atoms with Gasteiger partial charge >= 0.3 is 0 Å². The number of aryl methyl sites for hydroxylation is 1. The zero-order valence-corrected chi connectivity index (χ0v) is 12.7. The lowest BCUT2D eigenvalue weighted by Crippen LogP contribution is -2.37. The van der Waals surface area contributed by atoms with Gasteiger partial charge in [-0.05, 0) is 37.0 Å². The molecule has 1 aromatic carbocycles. The predicted octanol–water partition coefficient (Wildman–Crippen LogP) is 3.05. The molecule has 19 heavy (non-hydrogen) atoms. The molecule has 1 rings (SSSR count). The van der Waals surface area contributed by atoms with E-state index in [4.69, 9.17) is 4.74 Å². The Morgan fingerprint density at radius 2 is 2.00 bits per heavy atom. The molecule has 0 spiro atoms. The number of hydrogen-bond donors (Lipinski definition) is 0. The highest BCUT2D eigenvalue weighted by atomic mass is 16.5. The van der Waals surface area contributed by atoms with Gasteiger partial charge in [0.05, 0.1) is 6.61 Å². The van der Waals surface area contributed by atoms with Crippen LogP contribution in [0.25, 0.3) is 0 Å². The van der Waals surface area contributed by atoms with Crippen molar-refractivity contribution in [3.63, 3.8) is 0 Å². The lowest BCUT2D eigenvalue weighted by molar-refractivity contribution is 0.0671. The second kappa shape index (κ2) is 7.29. The van der Waals surface area contributed by atoms with Gasteiger partial charge in [-0.2, -0.15) is 0 Å². The largest absolute Gasteiger partial charge is 0.383 e. The van der Waals surface area contributed by atoms with Crippen LogP contribution in [0.4, 0.5) is 0 Å². The molecular weight excluding hydrogens is 238 g/mol. The van der Waals surface area contributed by atoms with Gasteiger partial charge in [0.25, 0.3) is 5.91 Å². The molecule has 0 saturated heterocycles. The smallest absolute Gasteiger partial charge is 0.254 e. The predicted molar refractivity (Wildman–Crippen MR) is 78.5 cm³/mol. The molecule has 1 amide bonds. The van der Waals surface area contributed by atoms with Crippen LogP contribution in [0, 0.1) is 19.8 Å². The van der Waals surface area contributed by atoms with Crippen molar-refractivity contribution in [2.24, 2.45) is 5.92 Å². The van der Waals surface area contributed by atoms with E-state index in [9.17, 15) is 4.79 Å². The second-order valence-corrected chi connectivity index (χ2v) is 5.39. The second-order valence-electron chi connectivity index (χ2n) is 5.39. The summed E-state index contributed by atoms with van der Waals surface area (Å²) in [5.74, 6) is 0.554. The quantitative estimate of drug-likeness (QED) is 0.789. The van der Waals surface area contributed by atoms with E-state index in [1.165, 1.54) is 0 Å². The summed E-state index contributed by atoms with van der Waals surface area (Å²) in [6.45, 7) is 10.3. The van der Waals surface area contributed by atoms with Crippen molar-refractivity contribution in [1.82, 2.24) is 4.90 Å². The van der Waals surface area contributed by atoms with Crippen molar-refractivity contribution in [1.29, 1.82) is 0 Å². The molecule has 3 heteroatoms. The van der Waals surface area contributed by atoms with Crippen molar-refractivity contribution in [2.75, 3.05) is 26.8 Å². The van der Waals surface area contributed by atoms with Crippen LogP contribution in [0.2, 0.25) is 0 Å². The van der Waals surface area contributed by atoms with Crippen LogP contribution < -0.4 is 0 Å². The van der Waals surface area contributed by atoms with Crippen LogP contribution in [-0.2, 0) is 4.74 Å². The lowest BCUT2D eigenvalue weighted by atomic mass is 10.0. The van der Waals surface area contributed by atoms with E-state index in [1.54, 1.807) is 7.11 Å². The molecule has 0 aliphatic rings. The molecule has 0 aliphatic heterocycles. The molecule has 0 saturated carbocycles. The van der Waals surface area contributed by atoms with Crippen molar-refractivity contribution in [2.45, 2.75) is 27.7 Å². The maximum absolute atomic E-state index is 12.6. The number of carbonyl (C=O) groups excluding carboxylic acids is 1. The Hall–Kier alpha value is -1.35. The summed E-state index contributed by atoms with van der Waals surface area (Å²) in [5, 5.41) is 0. The molecule has 0 heterocycles. The van der Waals surface area contributed by atoms with Crippen LogP contribution in [0.3, 0.4) is 0 Å². The molecule has 0 unspecified atom stereocenters. The minimum atomic E-state index is 0.104. The Bertz CT molecular complexity index is 427. The van der Waals surface area contributed by atoms with Crippen LogP contribution >= 0.6 is 0 Å². The fraction of sp³-hybridized carbons (Fsp3) is 0.562. The van der Waals surface area contributed by atoms with Crippen molar-refractivity contribution in [3.8, 4) is 0 Å². The molecule has 0 aromatic heterocycles. The third-order valence-corrected chi connectivity index (χ3v) is 3.27. The molecular formula is C16H25NO2. The highest BCUT2D eigenvalue weighted by Crippen LogP contribution is 2.15. The van der Waals surface area contributed by atoms with Gasteiger partial charge < -0.3 is 9.64 Å². The highest BCUT2D eigenvalue weighted by molar-refractivity contribution is 5.96. The van der Waals surface area contributed by atoms with Crippen molar-refractivity contribution in [3.05, 3.63) is 34.9 Å². The Morgan fingerprint density at radius 3 is 2.58 bits per heavy atom. The van der Waals surface area contributed by atoms with E-state index in [2.05, 4.69) is 13.8 Å². The van der Waals surface area contributed by atoms with Gasteiger partial charge in [-0.1, -0.05) is 26.0 Å². The third-order valence-electron chi connectivity index (χ3n) is 3.27.